The second kappa shape index (κ2) is 6.78. The second-order valence-electron chi connectivity index (χ2n) is 4.80. The molecule has 1 aliphatic carbocycles. The van der Waals surface area contributed by atoms with Gasteiger partial charge in [-0.3, -0.25) is 4.79 Å². The van der Waals surface area contributed by atoms with Crippen molar-refractivity contribution in [2.24, 2.45) is 0 Å². The van der Waals surface area contributed by atoms with Crippen molar-refractivity contribution in [1.29, 1.82) is 0 Å². The van der Waals surface area contributed by atoms with E-state index >= 15 is 0 Å². The quantitative estimate of drug-likeness (QED) is 0.815. The zero-order valence-electron chi connectivity index (χ0n) is 11.2. The summed E-state index contributed by atoms with van der Waals surface area (Å²) >= 11 is 5.34. The van der Waals surface area contributed by atoms with Gasteiger partial charge in [0.05, 0.1) is 4.88 Å². The first-order valence-corrected chi connectivity index (χ1v) is 9.68. The number of nitrogens with one attached hydrogen (secondary N) is 1. The number of amides is 1. The SMILES string of the molecule is O=C(NCCSCc1cccs1)c1cc2c(s1)CCC2. The maximum atomic E-state index is 12.0. The van der Waals surface area contributed by atoms with Crippen molar-refractivity contribution in [1.82, 2.24) is 5.32 Å². The van der Waals surface area contributed by atoms with E-state index in [-0.39, 0.29) is 5.91 Å². The van der Waals surface area contributed by atoms with Crippen LogP contribution in [-0.2, 0) is 18.6 Å². The van der Waals surface area contributed by atoms with E-state index in [0.717, 1.165) is 35.8 Å². The largest absolute Gasteiger partial charge is 0.351 e. The summed E-state index contributed by atoms with van der Waals surface area (Å²) < 4.78 is 0. The van der Waals surface area contributed by atoms with Crippen molar-refractivity contribution < 1.29 is 4.79 Å². The molecule has 2 aromatic heterocycles. The highest BCUT2D eigenvalue weighted by Crippen LogP contribution is 2.30. The molecule has 2 heterocycles. The van der Waals surface area contributed by atoms with Crippen LogP contribution in [-0.4, -0.2) is 18.2 Å². The number of thioether (sulfide) groups is 1. The van der Waals surface area contributed by atoms with Gasteiger partial charge in [0.1, 0.15) is 0 Å². The number of carbonyl (C=O) groups excluding carboxylic acids is 1. The Bertz CT molecular complexity index is 552. The van der Waals surface area contributed by atoms with Crippen molar-refractivity contribution in [3.63, 3.8) is 0 Å². The molecule has 3 rings (SSSR count). The molecule has 1 amide bonds. The Morgan fingerprint density at radius 1 is 1.40 bits per heavy atom. The molecule has 5 heteroatoms. The van der Waals surface area contributed by atoms with Gasteiger partial charge in [0.25, 0.3) is 5.91 Å². The predicted molar refractivity (Wildman–Crippen MR) is 89.2 cm³/mol. The van der Waals surface area contributed by atoms with E-state index in [2.05, 4.69) is 28.9 Å². The molecule has 0 unspecified atom stereocenters. The van der Waals surface area contributed by atoms with E-state index in [1.807, 2.05) is 11.8 Å². The van der Waals surface area contributed by atoms with Gasteiger partial charge < -0.3 is 5.32 Å². The van der Waals surface area contributed by atoms with E-state index < -0.39 is 0 Å². The van der Waals surface area contributed by atoms with E-state index in [1.165, 1.54) is 21.7 Å². The fourth-order valence-electron chi connectivity index (χ4n) is 2.33. The molecule has 0 aromatic carbocycles. The summed E-state index contributed by atoms with van der Waals surface area (Å²) in [6.07, 6.45) is 3.56. The number of carbonyl (C=O) groups is 1. The lowest BCUT2D eigenvalue weighted by Crippen LogP contribution is -2.24. The zero-order chi connectivity index (χ0) is 13.8. The third-order valence-corrected chi connectivity index (χ3v) is 6.63. The molecule has 2 nitrogen and oxygen atoms in total. The summed E-state index contributed by atoms with van der Waals surface area (Å²) in [5, 5.41) is 5.13. The van der Waals surface area contributed by atoms with Gasteiger partial charge in [0.2, 0.25) is 0 Å². The molecule has 106 valence electrons. The lowest BCUT2D eigenvalue weighted by atomic mass is 10.2. The van der Waals surface area contributed by atoms with Crippen LogP contribution in [0.4, 0.5) is 0 Å². The van der Waals surface area contributed by atoms with Crippen LogP contribution in [0.1, 0.15) is 31.4 Å². The Morgan fingerprint density at radius 3 is 3.15 bits per heavy atom. The molecular formula is C15H17NOS3. The van der Waals surface area contributed by atoms with Gasteiger partial charge in [-0.25, -0.2) is 0 Å². The third-order valence-electron chi connectivity index (χ3n) is 3.33. The molecular weight excluding hydrogens is 306 g/mol. The number of rotatable bonds is 6. The number of hydrogen-bond acceptors (Lipinski definition) is 4. The summed E-state index contributed by atoms with van der Waals surface area (Å²) in [5.74, 6) is 2.11. The molecule has 2 aromatic rings. The molecule has 1 N–H and O–H groups in total. The molecule has 0 saturated heterocycles. The first kappa shape index (κ1) is 14.2. The van der Waals surface area contributed by atoms with Crippen molar-refractivity contribution in [3.8, 4) is 0 Å². The normalized spacial score (nSPS) is 13.4. The molecule has 0 bridgehead atoms. The van der Waals surface area contributed by atoms with Crippen LogP contribution < -0.4 is 5.32 Å². The average Bonchev–Trinajstić information content (AvgIpc) is 3.14. The molecule has 0 atom stereocenters. The van der Waals surface area contributed by atoms with Gasteiger partial charge in [-0.05, 0) is 42.3 Å². The maximum absolute atomic E-state index is 12.0. The molecule has 0 radical (unpaired) electrons. The van der Waals surface area contributed by atoms with Gasteiger partial charge in [0, 0.05) is 27.8 Å². The van der Waals surface area contributed by atoms with Crippen LogP contribution in [0.3, 0.4) is 0 Å². The Kier molecular flexibility index (Phi) is 4.81. The standard InChI is InChI=1S/C15H17NOS3/c17-15(14-9-11-3-1-5-13(11)20-14)16-6-8-18-10-12-4-2-7-19-12/h2,4,7,9H,1,3,5-6,8,10H2,(H,16,17). The fraction of sp³-hybridized carbons (Fsp3) is 0.400. The summed E-state index contributed by atoms with van der Waals surface area (Å²) in [4.78, 5) is 15.7. The summed E-state index contributed by atoms with van der Waals surface area (Å²) in [6, 6.07) is 6.32. The zero-order valence-corrected chi connectivity index (χ0v) is 13.6. The summed E-state index contributed by atoms with van der Waals surface area (Å²) in [5.41, 5.74) is 1.40. The van der Waals surface area contributed by atoms with Gasteiger partial charge in [-0.15, -0.1) is 22.7 Å². The van der Waals surface area contributed by atoms with Crippen LogP contribution in [0, 0.1) is 0 Å². The average molecular weight is 324 g/mol. The highest BCUT2D eigenvalue weighted by Gasteiger charge is 2.17. The fourth-order valence-corrected chi connectivity index (χ4v) is 5.20. The summed E-state index contributed by atoms with van der Waals surface area (Å²) in [6.45, 7) is 0.747. The van der Waals surface area contributed by atoms with Crippen molar-refractivity contribution in [2.75, 3.05) is 12.3 Å². The van der Waals surface area contributed by atoms with E-state index in [4.69, 9.17) is 0 Å². The molecule has 20 heavy (non-hydrogen) atoms. The van der Waals surface area contributed by atoms with Crippen LogP contribution in [0.25, 0.3) is 0 Å². The smallest absolute Gasteiger partial charge is 0.261 e. The molecule has 1 aliphatic rings. The Hall–Kier alpha value is -0.780. The Labute approximate surface area is 131 Å². The first-order chi connectivity index (χ1) is 9.83. The first-order valence-electron chi connectivity index (χ1n) is 6.83. The Morgan fingerprint density at radius 2 is 2.35 bits per heavy atom. The highest BCUT2D eigenvalue weighted by atomic mass is 32.2. The molecule has 0 saturated carbocycles. The van der Waals surface area contributed by atoms with Crippen LogP contribution in [0.5, 0.6) is 0 Å². The van der Waals surface area contributed by atoms with Gasteiger partial charge >= 0.3 is 0 Å². The minimum absolute atomic E-state index is 0.0983. The van der Waals surface area contributed by atoms with Gasteiger partial charge in [-0.1, -0.05) is 6.07 Å². The van der Waals surface area contributed by atoms with E-state index in [9.17, 15) is 4.79 Å². The molecule has 0 spiro atoms. The molecule has 0 aliphatic heterocycles. The highest BCUT2D eigenvalue weighted by molar-refractivity contribution is 7.98. The lowest BCUT2D eigenvalue weighted by Gasteiger charge is -2.03. The Balaban J connectivity index is 1.38. The van der Waals surface area contributed by atoms with Crippen molar-refractivity contribution in [2.45, 2.75) is 25.0 Å². The van der Waals surface area contributed by atoms with Crippen molar-refractivity contribution in [3.05, 3.63) is 43.8 Å². The van der Waals surface area contributed by atoms with Gasteiger partial charge in [0.15, 0.2) is 0 Å². The van der Waals surface area contributed by atoms with Crippen LogP contribution >= 0.6 is 34.4 Å². The van der Waals surface area contributed by atoms with E-state index in [0.29, 0.717) is 0 Å². The van der Waals surface area contributed by atoms with Gasteiger partial charge in [-0.2, -0.15) is 11.8 Å². The third kappa shape index (κ3) is 3.45. The topological polar surface area (TPSA) is 29.1 Å². The van der Waals surface area contributed by atoms with Crippen LogP contribution in [0.15, 0.2) is 23.6 Å². The predicted octanol–water partition coefficient (Wildman–Crippen LogP) is 3.96. The maximum Gasteiger partial charge on any atom is 0.261 e. The number of hydrogen-bond donors (Lipinski definition) is 1. The minimum Gasteiger partial charge on any atom is -0.351 e. The molecule has 0 fully saturated rings. The minimum atomic E-state index is 0.0983. The van der Waals surface area contributed by atoms with Crippen molar-refractivity contribution >= 4 is 40.3 Å². The van der Waals surface area contributed by atoms with Crippen LogP contribution in [0.2, 0.25) is 0 Å². The monoisotopic (exact) mass is 323 g/mol. The summed E-state index contributed by atoms with van der Waals surface area (Å²) in [7, 11) is 0. The number of fused-ring (bicyclic) bond motifs is 1. The number of aryl methyl sites for hydroxylation is 2. The second-order valence-corrected chi connectivity index (χ2v) is 8.07. The lowest BCUT2D eigenvalue weighted by molar-refractivity contribution is 0.0960. The number of thiophene rings is 2. The van der Waals surface area contributed by atoms with E-state index in [1.54, 1.807) is 22.7 Å².